The van der Waals surface area contributed by atoms with E-state index in [9.17, 15) is 9.59 Å². The largest absolute Gasteiger partial charge is 0.476 e. The second-order valence-electron chi connectivity index (χ2n) is 4.28. The van der Waals surface area contributed by atoms with Gasteiger partial charge in [0.25, 0.3) is 0 Å². The topological polar surface area (TPSA) is 122 Å². The molecule has 0 aliphatic carbocycles. The first-order chi connectivity index (χ1) is 9.97. The number of thiazole rings is 1. The summed E-state index contributed by atoms with van der Waals surface area (Å²) in [7, 11) is 1.78. The highest BCUT2D eigenvalue weighted by atomic mass is 32.1. The lowest BCUT2D eigenvalue weighted by atomic mass is 10.3. The minimum absolute atomic E-state index is 0.0249. The average molecular weight is 310 g/mol. The fraction of sp³-hybridized carbons (Fsp3) is 0.364. The van der Waals surface area contributed by atoms with E-state index in [0.29, 0.717) is 10.8 Å². The summed E-state index contributed by atoms with van der Waals surface area (Å²) in [6.45, 7) is 1.97. The molecule has 2 aromatic rings. The van der Waals surface area contributed by atoms with Crippen molar-refractivity contribution in [2.24, 2.45) is 7.05 Å². The van der Waals surface area contributed by atoms with Crippen LogP contribution in [0.15, 0.2) is 11.7 Å². The Morgan fingerprint density at radius 1 is 1.52 bits per heavy atom. The van der Waals surface area contributed by atoms with Crippen molar-refractivity contribution in [2.45, 2.75) is 19.5 Å². The third-order valence-electron chi connectivity index (χ3n) is 2.67. The molecule has 1 atom stereocenters. The normalized spacial score (nSPS) is 11.9. The van der Waals surface area contributed by atoms with E-state index in [1.165, 1.54) is 16.7 Å². The van der Waals surface area contributed by atoms with Crippen LogP contribution in [0.2, 0.25) is 0 Å². The molecule has 0 saturated carbocycles. The van der Waals surface area contributed by atoms with E-state index >= 15 is 0 Å². The van der Waals surface area contributed by atoms with Gasteiger partial charge in [-0.05, 0) is 6.92 Å². The standard InChI is InChI=1S/C11H14N6O3S/c1-6(9-15-7(4-21-9)10(18)19)14-11(20)12-3-8-16-13-5-17(8)2/h4-6H,3H2,1-2H3,(H,18,19)(H2,12,14,20). The smallest absolute Gasteiger partial charge is 0.355 e. The Bertz CT molecular complexity index is 652. The molecule has 2 rings (SSSR count). The Morgan fingerprint density at radius 3 is 2.86 bits per heavy atom. The number of aryl methyl sites for hydroxylation is 1. The number of hydrogen-bond acceptors (Lipinski definition) is 6. The van der Waals surface area contributed by atoms with Crippen molar-refractivity contribution in [3.8, 4) is 0 Å². The lowest BCUT2D eigenvalue weighted by molar-refractivity contribution is 0.0691. The highest BCUT2D eigenvalue weighted by molar-refractivity contribution is 7.09. The first-order valence-electron chi connectivity index (χ1n) is 6.03. The van der Waals surface area contributed by atoms with Crippen molar-refractivity contribution in [3.05, 3.63) is 28.2 Å². The highest BCUT2D eigenvalue weighted by Crippen LogP contribution is 2.17. The summed E-state index contributed by atoms with van der Waals surface area (Å²) in [4.78, 5) is 26.4. The molecule has 0 saturated heterocycles. The van der Waals surface area contributed by atoms with Crippen molar-refractivity contribution in [2.75, 3.05) is 0 Å². The quantitative estimate of drug-likeness (QED) is 0.740. The average Bonchev–Trinajstić information content (AvgIpc) is 3.05. The molecule has 0 fully saturated rings. The summed E-state index contributed by atoms with van der Waals surface area (Å²) >= 11 is 1.19. The van der Waals surface area contributed by atoms with E-state index in [1.807, 2.05) is 0 Å². The molecule has 112 valence electrons. The second-order valence-corrected chi connectivity index (χ2v) is 5.17. The molecule has 2 heterocycles. The van der Waals surface area contributed by atoms with E-state index in [-0.39, 0.29) is 18.3 Å². The molecule has 0 spiro atoms. The summed E-state index contributed by atoms with van der Waals surface area (Å²) in [6.07, 6.45) is 1.54. The molecule has 0 aliphatic rings. The Hall–Kier alpha value is -2.49. The van der Waals surface area contributed by atoms with Crippen LogP contribution in [0.3, 0.4) is 0 Å². The number of nitrogens with one attached hydrogen (secondary N) is 2. The Balaban J connectivity index is 1.86. The van der Waals surface area contributed by atoms with Crippen LogP contribution in [0.4, 0.5) is 4.79 Å². The third-order valence-corrected chi connectivity index (χ3v) is 3.70. The Labute approximate surface area is 124 Å². The van der Waals surface area contributed by atoms with Gasteiger partial charge in [0.15, 0.2) is 11.5 Å². The number of amides is 2. The van der Waals surface area contributed by atoms with E-state index in [4.69, 9.17) is 5.11 Å². The van der Waals surface area contributed by atoms with Crippen LogP contribution < -0.4 is 10.6 Å². The van der Waals surface area contributed by atoms with Gasteiger partial charge in [0.1, 0.15) is 11.3 Å². The van der Waals surface area contributed by atoms with Crippen LogP contribution in [0.1, 0.15) is 34.3 Å². The highest BCUT2D eigenvalue weighted by Gasteiger charge is 2.16. The van der Waals surface area contributed by atoms with Gasteiger partial charge in [-0.15, -0.1) is 21.5 Å². The first kappa shape index (κ1) is 14.9. The maximum absolute atomic E-state index is 11.8. The van der Waals surface area contributed by atoms with E-state index in [1.54, 1.807) is 24.9 Å². The van der Waals surface area contributed by atoms with Crippen LogP contribution >= 0.6 is 11.3 Å². The van der Waals surface area contributed by atoms with Gasteiger partial charge in [-0.3, -0.25) is 0 Å². The maximum Gasteiger partial charge on any atom is 0.355 e. The van der Waals surface area contributed by atoms with Gasteiger partial charge in [-0.25, -0.2) is 14.6 Å². The van der Waals surface area contributed by atoms with Crippen molar-refractivity contribution in [1.29, 1.82) is 0 Å². The number of hydrogen-bond donors (Lipinski definition) is 3. The molecule has 2 amide bonds. The van der Waals surface area contributed by atoms with Crippen LogP contribution in [0.5, 0.6) is 0 Å². The van der Waals surface area contributed by atoms with Crippen molar-refractivity contribution in [3.63, 3.8) is 0 Å². The molecule has 9 nitrogen and oxygen atoms in total. The molecule has 0 aliphatic heterocycles. The Kier molecular flexibility index (Phi) is 4.48. The second kappa shape index (κ2) is 6.31. The molecular weight excluding hydrogens is 296 g/mol. The lowest BCUT2D eigenvalue weighted by Gasteiger charge is -2.12. The number of carbonyl (C=O) groups excluding carboxylic acids is 1. The minimum Gasteiger partial charge on any atom is -0.476 e. The molecule has 10 heteroatoms. The number of aromatic nitrogens is 4. The van der Waals surface area contributed by atoms with E-state index in [0.717, 1.165) is 0 Å². The molecule has 0 aromatic carbocycles. The van der Waals surface area contributed by atoms with Gasteiger partial charge in [0.2, 0.25) is 0 Å². The molecule has 0 radical (unpaired) electrons. The van der Waals surface area contributed by atoms with Gasteiger partial charge >= 0.3 is 12.0 Å². The van der Waals surface area contributed by atoms with Crippen molar-refractivity contribution in [1.82, 2.24) is 30.4 Å². The minimum atomic E-state index is -1.09. The van der Waals surface area contributed by atoms with Crippen LogP contribution in [0.25, 0.3) is 0 Å². The zero-order valence-corrected chi connectivity index (χ0v) is 12.2. The van der Waals surface area contributed by atoms with Gasteiger partial charge in [-0.1, -0.05) is 0 Å². The third kappa shape index (κ3) is 3.75. The van der Waals surface area contributed by atoms with Crippen molar-refractivity contribution < 1.29 is 14.7 Å². The molecule has 1 unspecified atom stereocenters. The first-order valence-corrected chi connectivity index (χ1v) is 6.91. The Morgan fingerprint density at radius 2 is 2.29 bits per heavy atom. The SMILES string of the molecule is CC(NC(=O)NCc1nncn1C)c1nc(C(=O)O)cs1. The maximum atomic E-state index is 11.8. The number of carboxylic acids is 1. The van der Waals surface area contributed by atoms with Crippen LogP contribution in [0, 0.1) is 0 Å². The van der Waals surface area contributed by atoms with Crippen LogP contribution in [-0.2, 0) is 13.6 Å². The molecular formula is C11H14N6O3S. The number of aromatic carboxylic acids is 1. The molecule has 2 aromatic heterocycles. The lowest BCUT2D eigenvalue weighted by Crippen LogP contribution is -2.37. The van der Waals surface area contributed by atoms with Gasteiger partial charge in [-0.2, -0.15) is 0 Å². The fourth-order valence-corrected chi connectivity index (χ4v) is 2.32. The van der Waals surface area contributed by atoms with Crippen LogP contribution in [-0.4, -0.2) is 36.9 Å². The summed E-state index contributed by atoms with van der Waals surface area (Å²) in [5.41, 5.74) is -0.0249. The molecule has 0 bridgehead atoms. The molecule has 21 heavy (non-hydrogen) atoms. The predicted molar refractivity (Wildman–Crippen MR) is 73.9 cm³/mol. The predicted octanol–water partition coefficient (Wildman–Crippen LogP) is 0.530. The number of rotatable bonds is 5. The van der Waals surface area contributed by atoms with Gasteiger partial charge in [0, 0.05) is 12.4 Å². The summed E-state index contributed by atoms with van der Waals surface area (Å²) in [6, 6.07) is -0.778. The van der Waals surface area contributed by atoms with E-state index < -0.39 is 12.0 Å². The van der Waals surface area contributed by atoms with Gasteiger partial charge in [0.05, 0.1) is 12.6 Å². The van der Waals surface area contributed by atoms with Gasteiger partial charge < -0.3 is 20.3 Å². The zero-order valence-electron chi connectivity index (χ0n) is 11.4. The number of carboxylic acid groups (broad SMARTS) is 1. The number of nitrogens with zero attached hydrogens (tertiary/aromatic N) is 4. The molecule has 3 N–H and O–H groups in total. The van der Waals surface area contributed by atoms with E-state index in [2.05, 4.69) is 25.8 Å². The summed E-state index contributed by atoms with van der Waals surface area (Å²) < 4.78 is 1.70. The number of urea groups is 1. The fourth-order valence-electron chi connectivity index (χ4n) is 1.52. The van der Waals surface area contributed by atoms with Crippen molar-refractivity contribution >= 4 is 23.3 Å². The summed E-state index contributed by atoms with van der Waals surface area (Å²) in [5, 5.41) is 23.6. The zero-order chi connectivity index (χ0) is 15.4. The summed E-state index contributed by atoms with van der Waals surface area (Å²) in [5.74, 6) is -0.461. The number of carbonyl (C=O) groups is 2. The monoisotopic (exact) mass is 310 g/mol.